The fraction of sp³-hybridized carbons (Fsp3) is 0.286. The van der Waals surface area contributed by atoms with Crippen LogP contribution < -0.4 is 10.2 Å². The maximum atomic E-state index is 12.5. The van der Waals surface area contributed by atoms with Crippen molar-refractivity contribution < 1.29 is 9.59 Å². The molecule has 7 heteroatoms. The van der Waals surface area contributed by atoms with E-state index in [2.05, 4.69) is 51.6 Å². The van der Waals surface area contributed by atoms with E-state index in [1.165, 1.54) is 11.3 Å². The molecule has 1 aromatic heterocycles. The van der Waals surface area contributed by atoms with Gasteiger partial charge in [-0.25, -0.2) is 0 Å². The van der Waals surface area contributed by atoms with Crippen LogP contribution in [0.2, 0.25) is 0 Å². The molecule has 0 bridgehead atoms. The Morgan fingerprint density at radius 1 is 1.07 bits per heavy atom. The maximum Gasteiger partial charge on any atom is 0.272 e. The van der Waals surface area contributed by atoms with Gasteiger partial charge in [0.1, 0.15) is 0 Å². The highest BCUT2D eigenvalue weighted by Gasteiger charge is 2.22. The number of fused-ring (bicyclic) bond motifs is 1. The Balaban J connectivity index is 1.30. The average molecular weight is 377 g/mol. The fourth-order valence-electron chi connectivity index (χ4n) is 3.53. The van der Waals surface area contributed by atoms with Crippen molar-refractivity contribution in [2.45, 2.75) is 6.92 Å². The molecule has 7 nitrogen and oxygen atoms in total. The summed E-state index contributed by atoms with van der Waals surface area (Å²) >= 11 is 0. The van der Waals surface area contributed by atoms with E-state index in [1.807, 2.05) is 24.3 Å². The molecule has 28 heavy (non-hydrogen) atoms. The summed E-state index contributed by atoms with van der Waals surface area (Å²) in [7, 11) is 0. The van der Waals surface area contributed by atoms with Gasteiger partial charge in [0.05, 0.1) is 12.1 Å². The summed E-state index contributed by atoms with van der Waals surface area (Å²) < 4.78 is 0. The number of nitrogens with zero attached hydrogens (tertiary/aromatic N) is 3. The van der Waals surface area contributed by atoms with Crippen LogP contribution in [0, 0.1) is 6.92 Å². The number of nitrogens with one attached hydrogen (secondary N) is 2. The smallest absolute Gasteiger partial charge is 0.272 e. The van der Waals surface area contributed by atoms with Gasteiger partial charge in [-0.1, -0.05) is 30.3 Å². The zero-order valence-electron chi connectivity index (χ0n) is 15.8. The minimum absolute atomic E-state index is 0.0233. The summed E-state index contributed by atoms with van der Waals surface area (Å²) in [5.74, 6) is -0.415. The van der Waals surface area contributed by atoms with Crippen LogP contribution in [0.15, 0.2) is 48.5 Å². The summed E-state index contributed by atoms with van der Waals surface area (Å²) in [6, 6.07) is 15.8. The number of piperazine rings is 1. The van der Waals surface area contributed by atoms with Gasteiger partial charge in [0.2, 0.25) is 5.91 Å². The predicted molar refractivity (Wildman–Crippen MR) is 108 cm³/mol. The van der Waals surface area contributed by atoms with Gasteiger partial charge in [-0.3, -0.25) is 14.7 Å². The van der Waals surface area contributed by atoms with Crippen LogP contribution in [0.4, 0.5) is 5.69 Å². The first-order chi connectivity index (χ1) is 13.6. The number of anilines is 1. The molecule has 1 fully saturated rings. The third kappa shape index (κ3) is 3.69. The lowest BCUT2D eigenvalue weighted by atomic mass is 10.2. The van der Waals surface area contributed by atoms with E-state index >= 15 is 0 Å². The second-order valence-corrected chi connectivity index (χ2v) is 7.01. The molecule has 1 aliphatic rings. The van der Waals surface area contributed by atoms with E-state index in [0.29, 0.717) is 18.8 Å². The molecule has 1 aliphatic heterocycles. The first-order valence-corrected chi connectivity index (χ1v) is 9.42. The van der Waals surface area contributed by atoms with Crippen molar-refractivity contribution >= 4 is 28.4 Å². The largest absolute Gasteiger partial charge is 0.368 e. The Bertz CT molecular complexity index is 1000. The number of aromatic nitrogens is 2. The normalized spacial score (nSPS) is 14.3. The third-order valence-corrected chi connectivity index (χ3v) is 5.08. The maximum absolute atomic E-state index is 12.5. The molecule has 0 atom stereocenters. The van der Waals surface area contributed by atoms with Crippen molar-refractivity contribution in [3.63, 3.8) is 0 Å². The summed E-state index contributed by atoms with van der Waals surface area (Å²) in [5, 5.41) is 10.3. The molecule has 2 N–H and O–H groups in total. The zero-order chi connectivity index (χ0) is 19.5. The number of carbonyl (C=O) groups excluding carboxylic acids is 2. The highest BCUT2D eigenvalue weighted by molar-refractivity contribution is 6.05. The molecule has 0 saturated carbocycles. The highest BCUT2D eigenvalue weighted by atomic mass is 16.2. The van der Waals surface area contributed by atoms with Gasteiger partial charge in [0.15, 0.2) is 5.69 Å². The lowest BCUT2D eigenvalue weighted by Crippen LogP contribution is -2.51. The number of benzene rings is 2. The van der Waals surface area contributed by atoms with Crippen molar-refractivity contribution in [1.82, 2.24) is 20.4 Å². The van der Waals surface area contributed by atoms with Crippen LogP contribution >= 0.6 is 0 Å². The molecule has 144 valence electrons. The summed E-state index contributed by atoms with van der Waals surface area (Å²) in [4.78, 5) is 29.0. The number of H-pyrrole nitrogens is 1. The molecule has 0 unspecified atom stereocenters. The molecule has 0 aliphatic carbocycles. The molecule has 2 heterocycles. The van der Waals surface area contributed by atoms with Crippen molar-refractivity contribution in [1.29, 1.82) is 0 Å². The molecular formula is C21H23N5O2. The second kappa shape index (κ2) is 7.72. The molecule has 3 aromatic rings. The van der Waals surface area contributed by atoms with E-state index in [0.717, 1.165) is 24.0 Å². The number of para-hydroxylation sites is 1. The quantitative estimate of drug-likeness (QED) is 0.728. The van der Waals surface area contributed by atoms with Gasteiger partial charge < -0.3 is 15.1 Å². The standard InChI is InChI=1S/C21H23N5O2/c1-15-5-4-6-16(13-15)25-9-11-26(12-10-25)19(27)14-22-21(28)20-17-7-2-3-8-18(17)23-24-20/h2-8,13H,9-12,14H2,1H3,(H,22,28)(H,23,24). The van der Waals surface area contributed by atoms with E-state index in [-0.39, 0.29) is 18.4 Å². The topological polar surface area (TPSA) is 81.3 Å². The number of rotatable bonds is 4. The number of carbonyl (C=O) groups is 2. The lowest BCUT2D eigenvalue weighted by Gasteiger charge is -2.36. The van der Waals surface area contributed by atoms with Crippen LogP contribution in [0.25, 0.3) is 10.9 Å². The molecular weight excluding hydrogens is 354 g/mol. The fourth-order valence-corrected chi connectivity index (χ4v) is 3.53. The van der Waals surface area contributed by atoms with E-state index in [4.69, 9.17) is 0 Å². The monoisotopic (exact) mass is 377 g/mol. The molecule has 0 spiro atoms. The molecule has 4 rings (SSSR count). The Hall–Kier alpha value is -3.35. The third-order valence-electron chi connectivity index (χ3n) is 5.08. The molecule has 2 amide bonds. The first-order valence-electron chi connectivity index (χ1n) is 9.42. The van der Waals surface area contributed by atoms with Crippen molar-refractivity contribution in [2.24, 2.45) is 0 Å². The van der Waals surface area contributed by atoms with Crippen molar-refractivity contribution in [2.75, 3.05) is 37.6 Å². The molecule has 1 saturated heterocycles. The van der Waals surface area contributed by atoms with Gasteiger partial charge in [0.25, 0.3) is 5.91 Å². The van der Waals surface area contributed by atoms with E-state index in [9.17, 15) is 9.59 Å². The van der Waals surface area contributed by atoms with Gasteiger partial charge in [-0.2, -0.15) is 5.10 Å². The van der Waals surface area contributed by atoms with E-state index < -0.39 is 0 Å². The van der Waals surface area contributed by atoms with Gasteiger partial charge in [-0.05, 0) is 30.7 Å². The zero-order valence-corrected chi connectivity index (χ0v) is 15.8. The summed E-state index contributed by atoms with van der Waals surface area (Å²) in [6.07, 6.45) is 0. The summed E-state index contributed by atoms with van der Waals surface area (Å²) in [5.41, 5.74) is 3.52. The average Bonchev–Trinajstić information content (AvgIpc) is 3.16. The molecule has 0 radical (unpaired) electrons. The second-order valence-electron chi connectivity index (χ2n) is 7.01. The highest BCUT2D eigenvalue weighted by Crippen LogP contribution is 2.18. The van der Waals surface area contributed by atoms with Crippen LogP contribution in [-0.4, -0.2) is 59.6 Å². The minimum Gasteiger partial charge on any atom is -0.368 e. The number of aryl methyl sites for hydroxylation is 1. The van der Waals surface area contributed by atoms with Gasteiger partial charge >= 0.3 is 0 Å². The molecule has 2 aromatic carbocycles. The number of amides is 2. The Morgan fingerprint density at radius 3 is 2.64 bits per heavy atom. The van der Waals surface area contributed by atoms with Crippen LogP contribution in [0.5, 0.6) is 0 Å². The van der Waals surface area contributed by atoms with Crippen LogP contribution in [-0.2, 0) is 4.79 Å². The number of hydrogen-bond donors (Lipinski definition) is 2. The van der Waals surface area contributed by atoms with Gasteiger partial charge in [0, 0.05) is 37.3 Å². The van der Waals surface area contributed by atoms with Gasteiger partial charge in [-0.15, -0.1) is 0 Å². The Labute approximate surface area is 163 Å². The summed E-state index contributed by atoms with van der Waals surface area (Å²) in [6.45, 7) is 4.92. The predicted octanol–water partition coefficient (Wildman–Crippen LogP) is 1.95. The minimum atomic E-state index is -0.343. The Kier molecular flexibility index (Phi) is 4.97. The van der Waals surface area contributed by atoms with Crippen LogP contribution in [0.3, 0.4) is 0 Å². The lowest BCUT2D eigenvalue weighted by molar-refractivity contribution is -0.130. The SMILES string of the molecule is Cc1cccc(N2CCN(C(=O)CNC(=O)c3n[nH]c4ccccc34)CC2)c1. The number of hydrogen-bond acceptors (Lipinski definition) is 4. The van der Waals surface area contributed by atoms with Crippen molar-refractivity contribution in [3.05, 3.63) is 59.8 Å². The number of aromatic amines is 1. The Morgan fingerprint density at radius 2 is 1.86 bits per heavy atom. The first kappa shape index (κ1) is 18.0. The van der Waals surface area contributed by atoms with Crippen LogP contribution in [0.1, 0.15) is 16.1 Å². The van der Waals surface area contributed by atoms with Crippen molar-refractivity contribution in [3.8, 4) is 0 Å². The van der Waals surface area contributed by atoms with E-state index in [1.54, 1.807) is 4.90 Å².